The van der Waals surface area contributed by atoms with Crippen molar-refractivity contribution in [1.82, 2.24) is 15.0 Å². The number of hydrogen-bond acceptors (Lipinski definition) is 7. The lowest BCUT2D eigenvalue weighted by Gasteiger charge is -2.19. The molecule has 2 heterocycles. The number of nitrogen functional groups attached to an aromatic ring is 1. The number of nitrogens with one attached hydrogen (secondary N) is 1. The van der Waals surface area contributed by atoms with Crippen LogP contribution in [-0.4, -0.2) is 34.6 Å². The summed E-state index contributed by atoms with van der Waals surface area (Å²) in [6.07, 6.45) is 3.26. The van der Waals surface area contributed by atoms with E-state index in [1.165, 1.54) is 0 Å². The number of rotatable bonds is 5. The van der Waals surface area contributed by atoms with E-state index in [0.29, 0.717) is 24.5 Å². The quantitative estimate of drug-likeness (QED) is 0.625. The van der Waals surface area contributed by atoms with Crippen molar-refractivity contribution in [3.05, 3.63) is 0 Å². The third kappa shape index (κ3) is 4.19. The maximum absolute atomic E-state index is 5.64. The maximum atomic E-state index is 5.64. The van der Waals surface area contributed by atoms with E-state index in [1.54, 1.807) is 0 Å². The number of hydrogen-bond donors (Lipinski definition) is 2. The Kier molecular flexibility index (Phi) is 4.59. The molecule has 0 aliphatic carbocycles. The second kappa shape index (κ2) is 6.21. The molecule has 1 aliphatic heterocycles. The topological polar surface area (TPSA) is 89.2 Å². The third-order valence-corrected chi connectivity index (χ3v) is 3.20. The average molecular weight is 280 g/mol. The predicted octanol–water partition coefficient (Wildman–Crippen LogP) is 1.57. The summed E-state index contributed by atoms with van der Waals surface area (Å²) < 4.78 is 5.64. The molecule has 0 saturated carbocycles. The van der Waals surface area contributed by atoms with Crippen molar-refractivity contribution in [2.24, 2.45) is 11.3 Å². The Morgan fingerprint density at radius 1 is 1.20 bits per heavy atom. The van der Waals surface area contributed by atoms with E-state index in [2.05, 4.69) is 46.0 Å². The molecule has 1 fully saturated rings. The average Bonchev–Trinajstić information content (AvgIpc) is 2.90. The number of hydrazine groups is 1. The van der Waals surface area contributed by atoms with Crippen LogP contribution in [0.4, 0.5) is 11.9 Å². The first-order valence-electron chi connectivity index (χ1n) is 7.08. The van der Waals surface area contributed by atoms with Gasteiger partial charge in [0, 0.05) is 13.1 Å². The summed E-state index contributed by atoms with van der Waals surface area (Å²) in [6, 6.07) is 0.332. The van der Waals surface area contributed by atoms with Gasteiger partial charge in [0.2, 0.25) is 11.9 Å². The van der Waals surface area contributed by atoms with Crippen molar-refractivity contribution >= 4 is 11.9 Å². The molecule has 1 aromatic heterocycles. The molecule has 3 N–H and O–H groups in total. The van der Waals surface area contributed by atoms with Gasteiger partial charge in [0.25, 0.3) is 0 Å². The van der Waals surface area contributed by atoms with E-state index in [4.69, 9.17) is 10.6 Å². The van der Waals surface area contributed by atoms with Crippen LogP contribution in [0.25, 0.3) is 0 Å². The Morgan fingerprint density at radius 3 is 2.50 bits per heavy atom. The van der Waals surface area contributed by atoms with Crippen LogP contribution in [-0.2, 0) is 0 Å². The van der Waals surface area contributed by atoms with E-state index in [1.807, 2.05) is 0 Å². The van der Waals surface area contributed by atoms with Gasteiger partial charge in [-0.15, -0.1) is 0 Å². The summed E-state index contributed by atoms with van der Waals surface area (Å²) in [5, 5.41) is 0. The molecule has 1 aromatic rings. The van der Waals surface area contributed by atoms with Gasteiger partial charge in [-0.3, -0.25) is 5.43 Å². The summed E-state index contributed by atoms with van der Waals surface area (Å²) in [5.74, 6) is 6.38. The van der Waals surface area contributed by atoms with Crippen LogP contribution >= 0.6 is 0 Å². The molecule has 0 aromatic carbocycles. The number of anilines is 2. The minimum absolute atomic E-state index is 0.222. The molecule has 1 aliphatic rings. The van der Waals surface area contributed by atoms with Gasteiger partial charge in [-0.05, 0) is 24.7 Å². The fourth-order valence-corrected chi connectivity index (χ4v) is 1.98. The van der Waals surface area contributed by atoms with Gasteiger partial charge in [0.1, 0.15) is 0 Å². The van der Waals surface area contributed by atoms with E-state index in [-0.39, 0.29) is 5.41 Å². The van der Waals surface area contributed by atoms with Gasteiger partial charge in [0.15, 0.2) is 0 Å². The maximum Gasteiger partial charge on any atom is 0.323 e. The van der Waals surface area contributed by atoms with Crippen molar-refractivity contribution in [1.29, 1.82) is 0 Å². The van der Waals surface area contributed by atoms with Crippen LogP contribution in [0.1, 0.15) is 40.0 Å². The first-order chi connectivity index (χ1) is 9.48. The lowest BCUT2D eigenvalue weighted by Crippen LogP contribution is -2.23. The van der Waals surface area contributed by atoms with Crippen molar-refractivity contribution in [2.45, 2.75) is 40.0 Å². The highest BCUT2D eigenvalue weighted by molar-refractivity contribution is 5.38. The van der Waals surface area contributed by atoms with E-state index in [9.17, 15) is 0 Å². The first-order valence-corrected chi connectivity index (χ1v) is 7.08. The molecule has 0 atom stereocenters. The zero-order valence-electron chi connectivity index (χ0n) is 12.5. The molecule has 20 heavy (non-hydrogen) atoms. The summed E-state index contributed by atoms with van der Waals surface area (Å²) in [6.45, 7) is 9.03. The Labute approximate surface area is 119 Å². The van der Waals surface area contributed by atoms with Crippen molar-refractivity contribution in [3.63, 3.8) is 0 Å². The second-order valence-corrected chi connectivity index (χ2v) is 6.24. The molecule has 0 spiro atoms. The molecule has 112 valence electrons. The number of nitrogens with zero attached hydrogens (tertiary/aromatic N) is 4. The Bertz CT molecular complexity index is 439. The highest BCUT2D eigenvalue weighted by atomic mass is 16.5. The Hall–Kier alpha value is -1.63. The second-order valence-electron chi connectivity index (χ2n) is 6.24. The summed E-state index contributed by atoms with van der Waals surface area (Å²) in [4.78, 5) is 14.9. The van der Waals surface area contributed by atoms with Gasteiger partial charge in [-0.25, -0.2) is 5.84 Å². The fraction of sp³-hybridized carbons (Fsp3) is 0.769. The molecular formula is C13H24N6O. The predicted molar refractivity (Wildman–Crippen MR) is 78.7 cm³/mol. The zero-order chi connectivity index (χ0) is 14.6. The third-order valence-electron chi connectivity index (χ3n) is 3.20. The van der Waals surface area contributed by atoms with Crippen molar-refractivity contribution < 1.29 is 4.74 Å². The van der Waals surface area contributed by atoms with E-state index in [0.717, 1.165) is 32.4 Å². The van der Waals surface area contributed by atoms with E-state index >= 15 is 0 Å². The lowest BCUT2D eigenvalue weighted by atomic mass is 9.93. The molecule has 0 amide bonds. The minimum Gasteiger partial charge on any atom is -0.463 e. The fourth-order valence-electron chi connectivity index (χ4n) is 1.98. The molecule has 1 saturated heterocycles. The molecule has 0 bridgehead atoms. The first kappa shape index (κ1) is 14.8. The monoisotopic (exact) mass is 280 g/mol. The number of aromatic nitrogens is 3. The van der Waals surface area contributed by atoms with Gasteiger partial charge >= 0.3 is 6.01 Å². The Morgan fingerprint density at radius 2 is 1.90 bits per heavy atom. The number of ether oxygens (including phenoxy) is 1. The van der Waals surface area contributed by atoms with Gasteiger partial charge in [-0.1, -0.05) is 20.8 Å². The van der Waals surface area contributed by atoms with Crippen LogP contribution in [0.15, 0.2) is 0 Å². The molecule has 7 heteroatoms. The molecule has 7 nitrogen and oxygen atoms in total. The van der Waals surface area contributed by atoms with Gasteiger partial charge in [0.05, 0.1) is 6.61 Å². The van der Waals surface area contributed by atoms with Crippen LogP contribution < -0.4 is 20.9 Å². The smallest absolute Gasteiger partial charge is 0.323 e. The lowest BCUT2D eigenvalue weighted by molar-refractivity contribution is 0.229. The highest BCUT2D eigenvalue weighted by Gasteiger charge is 2.18. The van der Waals surface area contributed by atoms with Gasteiger partial charge < -0.3 is 9.64 Å². The van der Waals surface area contributed by atoms with Crippen LogP contribution in [0.3, 0.4) is 0 Å². The summed E-state index contributed by atoms with van der Waals surface area (Å²) >= 11 is 0. The molecule has 2 rings (SSSR count). The van der Waals surface area contributed by atoms with Crippen molar-refractivity contribution in [2.75, 3.05) is 30.0 Å². The SMILES string of the molecule is CC(C)(C)CCOc1nc(NN)nc(N2CCCC2)n1. The molecular weight excluding hydrogens is 256 g/mol. The van der Waals surface area contributed by atoms with Crippen LogP contribution in [0, 0.1) is 5.41 Å². The molecule has 0 radical (unpaired) electrons. The normalized spacial score (nSPS) is 15.5. The van der Waals surface area contributed by atoms with Gasteiger partial charge in [-0.2, -0.15) is 15.0 Å². The summed E-state index contributed by atoms with van der Waals surface area (Å²) in [7, 11) is 0. The zero-order valence-corrected chi connectivity index (χ0v) is 12.5. The van der Waals surface area contributed by atoms with Crippen LogP contribution in [0.2, 0.25) is 0 Å². The standard InChI is InChI=1S/C13H24N6O/c1-13(2,3)6-9-20-12-16-10(18-14)15-11(17-12)19-7-4-5-8-19/h4-9,14H2,1-3H3,(H,15,16,17,18). The van der Waals surface area contributed by atoms with E-state index < -0.39 is 0 Å². The van der Waals surface area contributed by atoms with Crippen molar-refractivity contribution in [3.8, 4) is 6.01 Å². The molecule has 0 unspecified atom stereocenters. The summed E-state index contributed by atoms with van der Waals surface area (Å²) in [5.41, 5.74) is 2.69. The number of nitrogens with two attached hydrogens (primary N) is 1. The largest absolute Gasteiger partial charge is 0.463 e. The minimum atomic E-state index is 0.222. The van der Waals surface area contributed by atoms with Crippen LogP contribution in [0.5, 0.6) is 6.01 Å². The Balaban J connectivity index is 2.05. The highest BCUT2D eigenvalue weighted by Crippen LogP contribution is 2.21.